The molecule has 23 heavy (non-hydrogen) atoms. The first kappa shape index (κ1) is 15.9. The molecule has 1 saturated heterocycles. The molecule has 1 aromatic heterocycles. The molecule has 7 heteroatoms. The summed E-state index contributed by atoms with van der Waals surface area (Å²) in [6, 6.07) is 10.2. The van der Waals surface area contributed by atoms with Crippen LogP contribution in [0.25, 0.3) is 0 Å². The van der Waals surface area contributed by atoms with Gasteiger partial charge in [0.15, 0.2) is 0 Å². The molecule has 0 radical (unpaired) electrons. The summed E-state index contributed by atoms with van der Waals surface area (Å²) >= 11 is 5.23. The molecular formula is C16H20N4O2S. The van der Waals surface area contributed by atoms with E-state index in [0.717, 1.165) is 19.5 Å². The normalized spacial score (nSPS) is 14.9. The van der Waals surface area contributed by atoms with Crippen molar-refractivity contribution in [1.29, 1.82) is 0 Å². The standard InChI is InChI=1S/C16H20N4O2S/c1-18(10-13-6-3-2-4-7-13)12-20-16(23)22-14(17-20)11-19-9-5-8-15(19)21/h2-4,6-7H,5,8-12H2,1H3. The fraction of sp³-hybridized carbons (Fsp3) is 0.438. The Kier molecular flexibility index (Phi) is 4.88. The number of likely N-dealkylation sites (tertiary alicyclic amines) is 1. The van der Waals surface area contributed by atoms with Crippen LogP contribution in [0.15, 0.2) is 34.7 Å². The highest BCUT2D eigenvalue weighted by atomic mass is 32.1. The molecule has 0 bridgehead atoms. The summed E-state index contributed by atoms with van der Waals surface area (Å²) in [6.45, 7) is 2.51. The molecule has 0 atom stereocenters. The van der Waals surface area contributed by atoms with Crippen LogP contribution in [0, 0.1) is 4.84 Å². The van der Waals surface area contributed by atoms with Gasteiger partial charge in [0.25, 0.3) is 4.84 Å². The number of aromatic nitrogens is 2. The van der Waals surface area contributed by atoms with Crippen molar-refractivity contribution < 1.29 is 9.21 Å². The Balaban J connectivity index is 1.62. The number of rotatable bonds is 6. The minimum Gasteiger partial charge on any atom is -0.412 e. The smallest absolute Gasteiger partial charge is 0.288 e. The molecule has 0 unspecified atom stereocenters. The van der Waals surface area contributed by atoms with E-state index in [1.54, 1.807) is 9.58 Å². The number of benzene rings is 1. The van der Waals surface area contributed by atoms with Crippen molar-refractivity contribution in [1.82, 2.24) is 19.6 Å². The number of hydrogen-bond acceptors (Lipinski definition) is 5. The third-order valence-electron chi connectivity index (χ3n) is 3.82. The van der Waals surface area contributed by atoms with Crippen LogP contribution >= 0.6 is 12.2 Å². The molecule has 0 spiro atoms. The third kappa shape index (κ3) is 4.05. The number of nitrogens with zero attached hydrogens (tertiary/aromatic N) is 4. The van der Waals surface area contributed by atoms with Gasteiger partial charge in [-0.25, -0.2) is 4.68 Å². The maximum Gasteiger partial charge on any atom is 0.288 e. The second-order valence-corrected chi connectivity index (χ2v) is 6.17. The van der Waals surface area contributed by atoms with Crippen molar-refractivity contribution in [3.63, 3.8) is 0 Å². The van der Waals surface area contributed by atoms with Crippen LogP contribution in [0.4, 0.5) is 0 Å². The summed E-state index contributed by atoms with van der Waals surface area (Å²) in [5, 5.41) is 4.40. The molecule has 1 aliphatic heterocycles. The molecule has 122 valence electrons. The van der Waals surface area contributed by atoms with E-state index >= 15 is 0 Å². The number of carbonyl (C=O) groups excluding carboxylic acids is 1. The molecular weight excluding hydrogens is 312 g/mol. The van der Waals surface area contributed by atoms with Crippen molar-refractivity contribution in [2.75, 3.05) is 13.6 Å². The minimum absolute atomic E-state index is 0.155. The molecule has 1 fully saturated rings. The van der Waals surface area contributed by atoms with Gasteiger partial charge >= 0.3 is 0 Å². The van der Waals surface area contributed by atoms with Crippen LogP contribution in [-0.4, -0.2) is 39.1 Å². The maximum absolute atomic E-state index is 11.7. The second-order valence-electron chi connectivity index (χ2n) is 5.82. The van der Waals surface area contributed by atoms with E-state index in [2.05, 4.69) is 22.1 Å². The third-order valence-corrected chi connectivity index (χ3v) is 4.11. The summed E-state index contributed by atoms with van der Waals surface area (Å²) in [6.07, 6.45) is 1.52. The largest absolute Gasteiger partial charge is 0.412 e. The molecule has 1 aromatic carbocycles. The van der Waals surface area contributed by atoms with Gasteiger partial charge < -0.3 is 9.32 Å². The first-order chi connectivity index (χ1) is 11.1. The predicted octanol–water partition coefficient (Wildman–Crippen LogP) is 2.42. The molecule has 0 N–H and O–H groups in total. The average Bonchev–Trinajstić information content (AvgIpc) is 3.07. The van der Waals surface area contributed by atoms with Gasteiger partial charge in [-0.2, -0.15) is 0 Å². The van der Waals surface area contributed by atoms with Crippen molar-refractivity contribution in [2.45, 2.75) is 32.6 Å². The molecule has 2 aromatic rings. The SMILES string of the molecule is CN(Cc1ccccc1)Cn1nc(CN2CCCC2=O)oc1=S. The average molecular weight is 332 g/mol. The Labute approximate surface area is 140 Å². The Morgan fingerprint density at radius 3 is 2.83 bits per heavy atom. The monoisotopic (exact) mass is 332 g/mol. The first-order valence-electron chi connectivity index (χ1n) is 7.69. The molecule has 0 saturated carbocycles. The fourth-order valence-corrected chi connectivity index (χ4v) is 2.91. The summed E-state index contributed by atoms with van der Waals surface area (Å²) in [5.74, 6) is 0.653. The van der Waals surface area contributed by atoms with E-state index < -0.39 is 0 Å². The van der Waals surface area contributed by atoms with Crippen LogP contribution in [-0.2, 0) is 24.6 Å². The van der Waals surface area contributed by atoms with Gasteiger partial charge in [-0.1, -0.05) is 30.3 Å². The topological polar surface area (TPSA) is 54.5 Å². The number of hydrogen-bond donors (Lipinski definition) is 0. The molecule has 1 amide bonds. The summed E-state index contributed by atoms with van der Waals surface area (Å²) < 4.78 is 7.18. The lowest BCUT2D eigenvalue weighted by atomic mass is 10.2. The lowest BCUT2D eigenvalue weighted by Crippen LogP contribution is -2.25. The molecule has 1 aliphatic rings. The van der Waals surface area contributed by atoms with Crippen molar-refractivity contribution in [3.8, 4) is 0 Å². The summed E-state index contributed by atoms with van der Waals surface area (Å²) in [7, 11) is 2.01. The highest BCUT2D eigenvalue weighted by molar-refractivity contribution is 7.71. The van der Waals surface area contributed by atoms with Crippen LogP contribution in [0.2, 0.25) is 0 Å². The molecule has 6 nitrogen and oxygen atoms in total. The fourth-order valence-electron chi connectivity index (χ4n) is 2.71. The lowest BCUT2D eigenvalue weighted by Gasteiger charge is -2.16. The summed E-state index contributed by atoms with van der Waals surface area (Å²) in [5.41, 5.74) is 1.23. The quantitative estimate of drug-likeness (QED) is 0.761. The van der Waals surface area contributed by atoms with Crippen LogP contribution < -0.4 is 0 Å². The minimum atomic E-state index is 0.155. The zero-order valence-electron chi connectivity index (χ0n) is 13.1. The van der Waals surface area contributed by atoms with Crippen LogP contribution in [0.3, 0.4) is 0 Å². The van der Waals surface area contributed by atoms with Crippen molar-refractivity contribution >= 4 is 18.1 Å². The van der Waals surface area contributed by atoms with E-state index in [4.69, 9.17) is 16.6 Å². The lowest BCUT2D eigenvalue weighted by molar-refractivity contribution is -0.128. The van der Waals surface area contributed by atoms with Gasteiger partial charge in [-0.05, 0) is 31.2 Å². The maximum atomic E-state index is 11.7. The molecule has 0 aliphatic carbocycles. The first-order valence-corrected chi connectivity index (χ1v) is 8.10. The Bertz CT molecular complexity index is 725. The van der Waals surface area contributed by atoms with E-state index in [0.29, 0.717) is 30.4 Å². The van der Waals surface area contributed by atoms with Gasteiger partial charge in [0.05, 0.1) is 13.2 Å². The number of amides is 1. The Morgan fingerprint density at radius 1 is 1.35 bits per heavy atom. The predicted molar refractivity (Wildman–Crippen MR) is 87.9 cm³/mol. The van der Waals surface area contributed by atoms with Gasteiger partial charge in [-0.3, -0.25) is 9.69 Å². The van der Waals surface area contributed by atoms with E-state index in [1.165, 1.54) is 5.56 Å². The van der Waals surface area contributed by atoms with E-state index in [1.807, 2.05) is 25.2 Å². The van der Waals surface area contributed by atoms with Gasteiger partial charge in [0.1, 0.15) is 0 Å². The highest BCUT2D eigenvalue weighted by Gasteiger charge is 2.22. The van der Waals surface area contributed by atoms with Gasteiger partial charge in [-0.15, -0.1) is 5.10 Å². The van der Waals surface area contributed by atoms with Crippen LogP contribution in [0.5, 0.6) is 0 Å². The second kappa shape index (κ2) is 7.06. The van der Waals surface area contributed by atoms with Gasteiger partial charge in [0.2, 0.25) is 11.8 Å². The van der Waals surface area contributed by atoms with Crippen molar-refractivity contribution in [2.24, 2.45) is 0 Å². The summed E-state index contributed by atoms with van der Waals surface area (Å²) in [4.78, 5) is 15.9. The number of carbonyl (C=O) groups is 1. The zero-order valence-corrected chi connectivity index (χ0v) is 14.0. The highest BCUT2D eigenvalue weighted by Crippen LogP contribution is 2.14. The van der Waals surface area contributed by atoms with E-state index in [-0.39, 0.29) is 5.91 Å². The van der Waals surface area contributed by atoms with Crippen LogP contribution in [0.1, 0.15) is 24.3 Å². The Hall–Kier alpha value is -1.99. The molecule has 2 heterocycles. The Morgan fingerprint density at radius 2 is 2.13 bits per heavy atom. The van der Waals surface area contributed by atoms with Gasteiger partial charge in [0, 0.05) is 19.5 Å². The van der Waals surface area contributed by atoms with Crippen molar-refractivity contribution in [3.05, 3.63) is 46.6 Å². The van der Waals surface area contributed by atoms with E-state index in [9.17, 15) is 4.79 Å². The zero-order chi connectivity index (χ0) is 16.2. The molecule has 3 rings (SSSR count).